The zero-order chi connectivity index (χ0) is 8.27. The fourth-order valence-electron chi connectivity index (χ4n) is 0.640. The van der Waals surface area contributed by atoms with Gasteiger partial charge in [-0.05, 0) is 30.0 Å². The fourth-order valence-corrected chi connectivity index (χ4v) is 2.71. The molecule has 0 unspecified atom stereocenters. The maximum Gasteiger partial charge on any atom is 0.138 e. The van der Waals surface area contributed by atoms with E-state index in [4.69, 9.17) is 5.26 Å². The zero-order valence-electron chi connectivity index (χ0n) is 5.34. The van der Waals surface area contributed by atoms with Crippen LogP contribution in [-0.2, 0) is 0 Å². The highest BCUT2D eigenvalue weighted by Gasteiger charge is 1.96. The molecule has 1 aromatic rings. The molecule has 11 heavy (non-hydrogen) atoms. The van der Waals surface area contributed by atoms with Gasteiger partial charge in [-0.25, -0.2) is 0 Å². The van der Waals surface area contributed by atoms with Crippen LogP contribution in [0.2, 0.25) is 0 Å². The Labute approximate surface area is 86.0 Å². The summed E-state index contributed by atoms with van der Waals surface area (Å²) in [6, 6.07) is 5.73. The van der Waals surface area contributed by atoms with Gasteiger partial charge in [-0.3, -0.25) is 0 Å². The first-order valence-corrected chi connectivity index (χ1v) is 5.14. The number of nitrogens with zero attached hydrogens (tertiary/aromatic N) is 1. The Hall–Kier alpha value is 0.0200. The molecule has 1 rings (SSSR count). The second kappa shape index (κ2) is 4.15. The molecule has 1 nitrogen and oxygen atoms in total. The Kier molecular flexibility index (Phi) is 3.44. The van der Waals surface area contributed by atoms with E-state index < -0.39 is 0 Å². The summed E-state index contributed by atoms with van der Waals surface area (Å²) in [6.45, 7) is 0. The zero-order valence-corrected chi connectivity index (χ0v) is 9.33. The van der Waals surface area contributed by atoms with Gasteiger partial charge in [0.05, 0.1) is 0 Å². The third-order valence-electron chi connectivity index (χ3n) is 1.000. The van der Waals surface area contributed by atoms with Crippen molar-refractivity contribution < 1.29 is 0 Å². The van der Waals surface area contributed by atoms with E-state index in [0.29, 0.717) is 0 Å². The molecule has 0 fully saturated rings. The molecule has 4 heteroatoms. The Bertz CT molecular complexity index is 286. The highest BCUT2D eigenvalue weighted by Crippen LogP contribution is 2.26. The molecule has 0 spiro atoms. The van der Waals surface area contributed by atoms with Gasteiger partial charge in [0.2, 0.25) is 0 Å². The lowest BCUT2D eigenvalue weighted by Gasteiger charge is -1.95. The molecule has 0 amide bonds. The number of rotatable bonds is 1. The summed E-state index contributed by atoms with van der Waals surface area (Å²) in [5.74, 6) is 0. The first-order valence-electron chi connectivity index (χ1n) is 2.74. The number of benzene rings is 1. The van der Waals surface area contributed by atoms with Crippen LogP contribution in [0, 0.1) is 10.7 Å². The van der Waals surface area contributed by atoms with E-state index in [1.165, 1.54) is 0 Å². The Morgan fingerprint density at radius 2 is 1.73 bits per heavy atom. The standard InChI is InChI=1S/C7H3Br2NS/c8-5-1-6(9)3-7(2-5)11-4-10/h1-3H. The largest absolute Gasteiger partial charge is 0.185 e. The second-order valence-electron chi connectivity index (χ2n) is 1.80. The molecular formula is C7H3Br2NS. The number of hydrogen-bond acceptors (Lipinski definition) is 2. The minimum absolute atomic E-state index is 0.939. The molecule has 56 valence electrons. The highest BCUT2D eigenvalue weighted by molar-refractivity contribution is 9.11. The third-order valence-corrected chi connectivity index (χ3v) is 2.48. The summed E-state index contributed by atoms with van der Waals surface area (Å²) in [5, 5.41) is 10.4. The lowest BCUT2D eigenvalue weighted by molar-refractivity contribution is 1.41. The van der Waals surface area contributed by atoms with E-state index in [0.717, 1.165) is 25.6 Å². The highest BCUT2D eigenvalue weighted by atomic mass is 79.9. The van der Waals surface area contributed by atoms with Crippen molar-refractivity contribution in [3.8, 4) is 5.40 Å². The number of halogens is 2. The smallest absolute Gasteiger partial charge is 0.138 e. The van der Waals surface area contributed by atoms with Crippen LogP contribution in [0.5, 0.6) is 0 Å². The monoisotopic (exact) mass is 291 g/mol. The Balaban J connectivity index is 3.01. The predicted octanol–water partition coefficient (Wildman–Crippen LogP) is 3.78. The van der Waals surface area contributed by atoms with E-state index in [9.17, 15) is 0 Å². The second-order valence-corrected chi connectivity index (χ2v) is 4.49. The van der Waals surface area contributed by atoms with Gasteiger partial charge in [0, 0.05) is 13.8 Å². The van der Waals surface area contributed by atoms with Crippen molar-refractivity contribution in [1.29, 1.82) is 5.26 Å². The molecule has 0 bridgehead atoms. The summed E-state index contributed by atoms with van der Waals surface area (Å²) >= 11 is 7.81. The maximum atomic E-state index is 8.38. The molecule has 0 N–H and O–H groups in total. The van der Waals surface area contributed by atoms with E-state index >= 15 is 0 Å². The number of thiocyanates is 1. The normalized spacial score (nSPS) is 9.18. The van der Waals surface area contributed by atoms with Gasteiger partial charge in [-0.2, -0.15) is 5.26 Å². The number of nitriles is 1. The van der Waals surface area contributed by atoms with Crippen LogP contribution >= 0.6 is 43.6 Å². The summed E-state index contributed by atoms with van der Waals surface area (Å²) in [4.78, 5) is 0.939. The minimum Gasteiger partial charge on any atom is -0.185 e. The quantitative estimate of drug-likeness (QED) is 0.581. The minimum atomic E-state index is 0.939. The molecule has 0 saturated carbocycles. The predicted molar refractivity (Wildman–Crippen MR) is 53.3 cm³/mol. The summed E-state index contributed by atoms with van der Waals surface area (Å²) in [5.41, 5.74) is 0. The van der Waals surface area contributed by atoms with Gasteiger partial charge < -0.3 is 0 Å². The van der Waals surface area contributed by atoms with Gasteiger partial charge in [0.15, 0.2) is 0 Å². The molecule has 0 atom stereocenters. The average molecular weight is 293 g/mol. The summed E-state index contributed by atoms with van der Waals surface area (Å²) < 4.78 is 1.95. The van der Waals surface area contributed by atoms with Crippen LogP contribution in [-0.4, -0.2) is 0 Å². The van der Waals surface area contributed by atoms with E-state index in [-0.39, 0.29) is 0 Å². The van der Waals surface area contributed by atoms with Crippen molar-refractivity contribution in [1.82, 2.24) is 0 Å². The van der Waals surface area contributed by atoms with Gasteiger partial charge in [0.25, 0.3) is 0 Å². The third kappa shape index (κ3) is 2.86. The van der Waals surface area contributed by atoms with Crippen LogP contribution in [0.3, 0.4) is 0 Å². The molecule has 0 aliphatic carbocycles. The lowest BCUT2D eigenvalue weighted by Crippen LogP contribution is -1.70. The molecule has 0 saturated heterocycles. The molecule has 0 aromatic heterocycles. The first kappa shape index (κ1) is 9.11. The van der Waals surface area contributed by atoms with Gasteiger partial charge in [0.1, 0.15) is 5.40 Å². The van der Waals surface area contributed by atoms with Crippen molar-refractivity contribution in [2.24, 2.45) is 0 Å². The SMILES string of the molecule is N#CSc1cc(Br)cc(Br)c1. The molecular weight excluding hydrogens is 290 g/mol. The lowest BCUT2D eigenvalue weighted by atomic mass is 10.4. The van der Waals surface area contributed by atoms with Crippen LogP contribution in [0.15, 0.2) is 32.0 Å². The number of hydrogen-bond donors (Lipinski definition) is 0. The van der Waals surface area contributed by atoms with Crippen molar-refractivity contribution in [3.05, 3.63) is 27.1 Å². The van der Waals surface area contributed by atoms with Crippen LogP contribution in [0.1, 0.15) is 0 Å². The van der Waals surface area contributed by atoms with Crippen molar-refractivity contribution in [2.45, 2.75) is 4.90 Å². The molecule has 0 aliphatic rings. The van der Waals surface area contributed by atoms with Crippen molar-refractivity contribution >= 4 is 43.6 Å². The van der Waals surface area contributed by atoms with E-state index in [2.05, 4.69) is 31.9 Å². The van der Waals surface area contributed by atoms with Gasteiger partial charge in [-0.1, -0.05) is 31.9 Å². The average Bonchev–Trinajstić information content (AvgIpc) is 1.85. The Morgan fingerprint density at radius 1 is 1.18 bits per heavy atom. The van der Waals surface area contributed by atoms with E-state index in [1.807, 2.05) is 23.6 Å². The van der Waals surface area contributed by atoms with Crippen molar-refractivity contribution in [2.75, 3.05) is 0 Å². The first-order chi connectivity index (χ1) is 5.22. The van der Waals surface area contributed by atoms with E-state index in [1.54, 1.807) is 0 Å². The molecule has 0 radical (unpaired) electrons. The van der Waals surface area contributed by atoms with Gasteiger partial charge >= 0.3 is 0 Å². The fraction of sp³-hybridized carbons (Fsp3) is 0. The molecule has 1 aromatic carbocycles. The van der Waals surface area contributed by atoms with Gasteiger partial charge in [-0.15, -0.1) is 0 Å². The summed E-state index contributed by atoms with van der Waals surface area (Å²) in [6.07, 6.45) is 0. The number of thioether (sulfide) groups is 1. The maximum absolute atomic E-state index is 8.38. The summed E-state index contributed by atoms with van der Waals surface area (Å²) in [7, 11) is 0. The molecule has 0 heterocycles. The molecule has 0 aliphatic heterocycles. The van der Waals surface area contributed by atoms with Crippen molar-refractivity contribution in [3.63, 3.8) is 0 Å². The van der Waals surface area contributed by atoms with Crippen LogP contribution < -0.4 is 0 Å². The van der Waals surface area contributed by atoms with Crippen LogP contribution in [0.4, 0.5) is 0 Å². The van der Waals surface area contributed by atoms with Crippen LogP contribution in [0.25, 0.3) is 0 Å². The topological polar surface area (TPSA) is 23.8 Å². The Morgan fingerprint density at radius 3 is 2.18 bits per heavy atom.